The molecule has 0 saturated carbocycles. The number of hydrogen-bond donors (Lipinski definition) is 0. The zero-order valence-corrected chi connectivity index (χ0v) is 25.9. The Hall–Kier alpha value is -3.96. The molecule has 248 valence electrons. The normalized spacial score (nSPS) is 21.3. The van der Waals surface area contributed by atoms with E-state index < -0.39 is 148 Å². The predicted octanol–water partition coefficient (Wildman–Crippen LogP) is 7.22. The van der Waals surface area contributed by atoms with E-state index in [0.29, 0.717) is 17.7 Å². The van der Waals surface area contributed by atoms with E-state index >= 15 is 0 Å². The molecule has 5 rings (SSSR count). The van der Waals surface area contributed by atoms with Crippen molar-refractivity contribution in [3.05, 3.63) is 117 Å². The van der Waals surface area contributed by atoms with E-state index in [2.05, 4.69) is 4.98 Å². The summed E-state index contributed by atoms with van der Waals surface area (Å²) >= 11 is 0.153. The number of amides is 1. The van der Waals surface area contributed by atoms with Crippen molar-refractivity contribution in [3.63, 3.8) is 0 Å². The number of carbonyl (C=O) groups excluding carboxylic acids is 1. The number of hydrogen-bond acceptors (Lipinski definition) is 5. The maximum Gasteiger partial charge on any atom is 0.416 e. The maximum absolute atomic E-state index is 14.6. The Morgan fingerprint density at radius 2 is 1.62 bits per heavy atom. The molecule has 0 spiro atoms. The molecule has 3 aromatic carbocycles. The Morgan fingerprint density at radius 3 is 2.23 bits per heavy atom. The molecule has 6 nitrogen and oxygen atoms in total. The summed E-state index contributed by atoms with van der Waals surface area (Å²) in [6.07, 6.45) is -15.5. The van der Waals surface area contributed by atoms with E-state index in [9.17, 15) is 27.2 Å². The summed E-state index contributed by atoms with van der Waals surface area (Å²) in [7, 11) is 0. The molecule has 0 aliphatic heterocycles. The van der Waals surface area contributed by atoms with Gasteiger partial charge in [0.1, 0.15) is 12.4 Å². The molecule has 0 saturated heterocycles. The van der Waals surface area contributed by atoms with Crippen LogP contribution in [0.3, 0.4) is 0 Å². The van der Waals surface area contributed by atoms with E-state index in [0.717, 1.165) is 29.2 Å². The fourth-order valence-corrected chi connectivity index (χ4v) is 5.16. The first kappa shape index (κ1) is 19.1. The number of benzene rings is 3. The zero-order valence-electron chi connectivity index (χ0n) is 41.1. The van der Waals surface area contributed by atoms with Gasteiger partial charge in [-0.1, -0.05) is 74.0 Å². The summed E-state index contributed by atoms with van der Waals surface area (Å²) in [5.74, 6) is -1.77. The first-order valence-corrected chi connectivity index (χ1v) is 15.1. The van der Waals surface area contributed by atoms with Crippen molar-refractivity contribution < 1.29 is 44.3 Å². The van der Waals surface area contributed by atoms with Gasteiger partial charge in [0, 0.05) is 47.6 Å². The van der Waals surface area contributed by atoms with Gasteiger partial charge in [0.25, 0.3) is 5.56 Å². The van der Waals surface area contributed by atoms with Gasteiger partial charge in [0.2, 0.25) is 5.91 Å². The van der Waals surface area contributed by atoms with Crippen LogP contribution in [0.5, 0.6) is 0 Å². The van der Waals surface area contributed by atoms with E-state index in [4.69, 9.17) is 21.9 Å². The lowest BCUT2D eigenvalue weighted by Gasteiger charge is -2.28. The number of aromatic nitrogens is 2. The first-order valence-electron chi connectivity index (χ1n) is 22.3. The van der Waals surface area contributed by atoms with Crippen LogP contribution >= 0.6 is 11.8 Å². The van der Waals surface area contributed by atoms with Crippen LogP contribution in [-0.2, 0) is 42.5 Å². The van der Waals surface area contributed by atoms with E-state index in [1.807, 2.05) is 4.90 Å². The van der Waals surface area contributed by atoms with Crippen LogP contribution in [-0.4, -0.2) is 51.4 Å². The summed E-state index contributed by atoms with van der Waals surface area (Å²) in [5.41, 5.74) is -10.5. The Balaban J connectivity index is 1.70. The van der Waals surface area contributed by atoms with Crippen LogP contribution in [0.2, 0.25) is 0 Å². The molecule has 0 N–H and O–H groups in total. The van der Waals surface area contributed by atoms with Gasteiger partial charge >= 0.3 is 6.18 Å². The Bertz CT molecular complexity index is 2480. The maximum atomic E-state index is 14.6. The standard InChI is InChI=1S/C36H38F4N4O2S/c1-3-42(4-2)20-21-43(22-25-8-12-27(13-9-25)28-14-16-29(17-15-28)36(38,39)40)33(45)23-44-32-7-5-6-31(32)34(46)41-35(44)47-24-26-10-18-30(37)19-11-26/h8-19H,3-7,20-24H2,1-2H3/i5D2,6D2,7D2,8D,9D,12D,13D,14D,15D,16D,17D,24D2. The highest BCUT2D eigenvalue weighted by molar-refractivity contribution is 7.98. The lowest BCUT2D eigenvalue weighted by Crippen LogP contribution is -2.40. The zero-order chi connectivity index (χ0) is 47.7. The highest BCUT2D eigenvalue weighted by Gasteiger charge is 2.30. The lowest BCUT2D eigenvalue weighted by atomic mass is 10.0. The predicted molar refractivity (Wildman–Crippen MR) is 177 cm³/mol. The monoisotopic (exact) mass is 682 g/mol. The van der Waals surface area contributed by atoms with Crippen LogP contribution < -0.4 is 5.56 Å². The topological polar surface area (TPSA) is 58.4 Å². The minimum Gasteiger partial charge on any atom is -0.336 e. The summed E-state index contributed by atoms with van der Waals surface area (Å²) < 4.78 is 192. The highest BCUT2D eigenvalue weighted by atomic mass is 32.2. The van der Waals surface area contributed by atoms with Crippen molar-refractivity contribution in [2.24, 2.45) is 0 Å². The largest absolute Gasteiger partial charge is 0.416 e. The number of fused-ring (bicyclic) bond motifs is 1. The summed E-state index contributed by atoms with van der Waals surface area (Å²) in [4.78, 5) is 34.8. The van der Waals surface area contributed by atoms with Gasteiger partial charge in [-0.15, -0.1) is 0 Å². The second-order valence-corrected chi connectivity index (χ2v) is 10.8. The first-order chi connectivity index (χ1) is 28.9. The van der Waals surface area contributed by atoms with Crippen molar-refractivity contribution in [2.45, 2.75) is 63.1 Å². The third-order valence-corrected chi connectivity index (χ3v) is 7.86. The van der Waals surface area contributed by atoms with Crippen LogP contribution in [0.15, 0.2) is 82.6 Å². The van der Waals surface area contributed by atoms with Crippen molar-refractivity contribution in [1.82, 2.24) is 19.4 Å². The molecule has 1 aromatic heterocycles. The fourth-order valence-electron chi connectivity index (χ4n) is 4.42. The summed E-state index contributed by atoms with van der Waals surface area (Å²) in [6, 6.07) is -5.41. The van der Waals surface area contributed by atoms with Crippen LogP contribution in [0.25, 0.3) is 11.1 Å². The molecule has 4 aromatic rings. The molecule has 0 fully saturated rings. The van der Waals surface area contributed by atoms with Gasteiger partial charge in [0.05, 0.1) is 16.5 Å². The van der Waals surface area contributed by atoms with Crippen LogP contribution in [0.1, 0.15) is 70.1 Å². The second-order valence-electron chi connectivity index (χ2n) is 10.0. The Labute approximate surface area is 298 Å². The van der Waals surface area contributed by atoms with Gasteiger partial charge in [-0.25, -0.2) is 4.39 Å². The van der Waals surface area contributed by atoms with Crippen LogP contribution in [0, 0.1) is 5.82 Å². The van der Waals surface area contributed by atoms with Gasteiger partial charge in [-0.05, 0) is 78.7 Å². The van der Waals surface area contributed by atoms with Gasteiger partial charge in [-0.3, -0.25) is 9.59 Å². The number of halogens is 4. The van der Waals surface area contributed by atoms with Gasteiger partial charge in [0.15, 0.2) is 5.16 Å². The SMILES string of the molecule is [2H]c1c([2H])c(-c2c([2H])c([2H])c(C(F)(F)F)c([2H])c2[2H])c([2H])c([2H])c1CN(CCN(CC)CC)C(=O)Cn1c(SC([2H])([2H])c2ccc(F)cc2)nc(=O)c2c1C([2H])([2H])C([2H])([2H])C2([2H])[2H]. The van der Waals surface area contributed by atoms with Crippen LogP contribution in [0.4, 0.5) is 17.6 Å². The molecule has 1 amide bonds. The molecular formula is C36H38F4N4O2S. The number of thioether (sulfide) groups is 1. The summed E-state index contributed by atoms with van der Waals surface area (Å²) in [6.45, 7) is 2.43. The van der Waals surface area contributed by atoms with Gasteiger partial charge < -0.3 is 14.4 Å². The van der Waals surface area contributed by atoms with E-state index in [1.165, 1.54) is 0 Å². The third kappa shape index (κ3) is 8.70. The lowest BCUT2D eigenvalue weighted by molar-refractivity contribution is -0.137. The van der Waals surface area contributed by atoms with Crippen molar-refractivity contribution in [3.8, 4) is 11.1 Å². The number of nitrogens with zero attached hydrogens (tertiary/aromatic N) is 4. The van der Waals surface area contributed by atoms with E-state index in [-0.39, 0.29) is 30.4 Å². The average molecular weight is 683 g/mol. The number of carbonyl (C=O) groups is 1. The second kappa shape index (κ2) is 15.3. The minimum absolute atomic E-state index is 0.0919. The highest BCUT2D eigenvalue weighted by Crippen LogP contribution is 2.31. The molecule has 47 heavy (non-hydrogen) atoms. The number of alkyl halides is 3. The van der Waals surface area contributed by atoms with Crippen molar-refractivity contribution >= 4 is 17.7 Å². The molecule has 11 heteroatoms. The molecule has 0 radical (unpaired) electrons. The van der Waals surface area contributed by atoms with E-state index in [1.54, 1.807) is 13.8 Å². The molecule has 1 aliphatic carbocycles. The quantitative estimate of drug-likeness (QED) is 0.0847. The summed E-state index contributed by atoms with van der Waals surface area (Å²) in [5, 5.41) is -0.715. The smallest absolute Gasteiger partial charge is 0.336 e. The fraction of sp³-hybridized carbons (Fsp3) is 0.361. The minimum atomic E-state index is -5.32. The molecule has 0 unspecified atom stereocenters. The molecule has 0 bridgehead atoms. The number of likely N-dealkylation sites (N-methyl/N-ethyl adjacent to an activating group) is 1. The average Bonchev–Trinajstić information content (AvgIpc) is 3.29. The van der Waals surface area contributed by atoms with Crippen molar-refractivity contribution in [2.75, 3.05) is 26.2 Å². The van der Waals surface area contributed by atoms with Gasteiger partial charge in [-0.2, -0.15) is 18.2 Å². The Morgan fingerprint density at radius 1 is 0.979 bits per heavy atom. The third-order valence-electron chi connectivity index (χ3n) is 7.03. The molecular weight excluding hydrogens is 628 g/mol. The number of rotatable bonds is 13. The molecule has 1 heterocycles. The molecule has 0 atom stereocenters. The molecule has 1 aliphatic rings. The van der Waals surface area contributed by atoms with Crippen molar-refractivity contribution in [1.29, 1.82) is 0 Å². The Kier molecular flexibility index (Phi) is 6.23.